The van der Waals surface area contributed by atoms with E-state index in [1.54, 1.807) is 0 Å². The normalized spacial score (nSPS) is 10.5. The quantitative estimate of drug-likeness (QED) is 0.760. The van der Waals surface area contributed by atoms with Crippen LogP contribution in [-0.4, -0.2) is 9.97 Å². The zero-order valence-electron chi connectivity index (χ0n) is 8.57. The van der Waals surface area contributed by atoms with Gasteiger partial charge in [0, 0.05) is 24.8 Å². The minimum Gasteiger partial charge on any atom is -0.261 e. The summed E-state index contributed by atoms with van der Waals surface area (Å²) in [5.41, 5.74) is 0.0617. The van der Waals surface area contributed by atoms with Gasteiger partial charge in [0.25, 0.3) is 0 Å². The first-order chi connectivity index (χ1) is 8.52. The Labute approximate surface area is 123 Å². The molecule has 0 amide bonds. The first-order valence-corrected chi connectivity index (χ1v) is 6.09. The Morgan fingerprint density at radius 2 is 1.00 bits per heavy atom. The van der Waals surface area contributed by atoms with Gasteiger partial charge in [0.2, 0.25) is 0 Å². The summed E-state index contributed by atoms with van der Waals surface area (Å²) >= 11 is 23.6. The van der Waals surface area contributed by atoms with E-state index < -0.39 is 0 Å². The number of nitrogens with zero attached hydrogens (tertiary/aromatic N) is 3. The molecule has 0 saturated heterocycles. The molecule has 0 spiro atoms. The van der Waals surface area contributed by atoms with Crippen molar-refractivity contribution < 1.29 is 5.21 Å². The Morgan fingerprint density at radius 1 is 0.722 bits per heavy atom. The highest BCUT2D eigenvalue weighted by atomic mass is 35.5. The first kappa shape index (κ1) is 13.6. The number of anilines is 2. The first-order valence-electron chi connectivity index (χ1n) is 4.57. The highest BCUT2D eigenvalue weighted by Crippen LogP contribution is 2.41. The summed E-state index contributed by atoms with van der Waals surface area (Å²) in [6.45, 7) is 0. The van der Waals surface area contributed by atoms with Crippen LogP contribution in [0.2, 0.25) is 20.1 Å². The third kappa shape index (κ3) is 2.48. The Hall–Kier alpha value is -0.780. The minimum absolute atomic E-state index is 0.0309. The van der Waals surface area contributed by atoms with E-state index in [1.165, 1.54) is 24.8 Å². The van der Waals surface area contributed by atoms with E-state index in [0.29, 0.717) is 5.06 Å². The summed E-state index contributed by atoms with van der Waals surface area (Å²) in [7, 11) is 0. The predicted molar refractivity (Wildman–Crippen MR) is 71.3 cm³/mol. The van der Waals surface area contributed by atoms with Crippen molar-refractivity contribution in [2.75, 3.05) is 5.06 Å². The Kier molecular flexibility index (Phi) is 4.14. The molecule has 18 heavy (non-hydrogen) atoms. The fourth-order valence-corrected chi connectivity index (χ4v) is 2.35. The molecular weight excluding hydrogens is 320 g/mol. The van der Waals surface area contributed by atoms with Gasteiger partial charge in [-0.05, 0) is 0 Å². The zero-order chi connectivity index (χ0) is 13.3. The van der Waals surface area contributed by atoms with E-state index in [9.17, 15) is 5.21 Å². The second-order valence-corrected chi connectivity index (χ2v) is 4.83. The predicted octanol–water partition coefficient (Wildman–Crippen LogP) is 4.57. The zero-order valence-corrected chi connectivity index (χ0v) is 11.6. The van der Waals surface area contributed by atoms with Crippen molar-refractivity contribution in [3.05, 3.63) is 44.9 Å². The lowest BCUT2D eigenvalue weighted by molar-refractivity contribution is 0.196. The van der Waals surface area contributed by atoms with Crippen LogP contribution in [0.4, 0.5) is 11.4 Å². The molecule has 4 nitrogen and oxygen atoms in total. The Bertz CT molecular complexity index is 501. The Morgan fingerprint density at radius 3 is 1.28 bits per heavy atom. The standard InChI is InChI=1S/C10H4Cl4N3O/c11-5-1-15-2-6(12)9(5)17(18)10-7(13)3-16-4-8(10)14/h1-4H. The largest absolute Gasteiger partial charge is 0.261 e. The van der Waals surface area contributed by atoms with E-state index in [2.05, 4.69) is 9.97 Å². The topological polar surface area (TPSA) is 48.9 Å². The van der Waals surface area contributed by atoms with Crippen molar-refractivity contribution in [3.63, 3.8) is 0 Å². The van der Waals surface area contributed by atoms with Crippen LogP contribution in [-0.2, 0) is 5.21 Å². The highest BCUT2D eigenvalue weighted by molar-refractivity contribution is 6.41. The van der Waals surface area contributed by atoms with Crippen molar-refractivity contribution in [3.8, 4) is 0 Å². The van der Waals surface area contributed by atoms with Crippen molar-refractivity contribution in [2.45, 2.75) is 0 Å². The molecule has 0 aliphatic carbocycles. The van der Waals surface area contributed by atoms with E-state index in [-0.39, 0.29) is 31.5 Å². The van der Waals surface area contributed by atoms with E-state index in [4.69, 9.17) is 46.4 Å². The summed E-state index contributed by atoms with van der Waals surface area (Å²) in [6, 6.07) is 0. The maximum absolute atomic E-state index is 12.3. The van der Waals surface area contributed by atoms with Gasteiger partial charge >= 0.3 is 0 Å². The van der Waals surface area contributed by atoms with Gasteiger partial charge in [0.1, 0.15) is 11.4 Å². The average Bonchev–Trinajstić information content (AvgIpc) is 2.28. The molecule has 0 bridgehead atoms. The number of halogens is 4. The lowest BCUT2D eigenvalue weighted by atomic mass is 10.3. The number of pyridine rings is 2. The van der Waals surface area contributed by atoms with E-state index >= 15 is 0 Å². The van der Waals surface area contributed by atoms with Gasteiger partial charge in [0.15, 0.2) is 0 Å². The molecule has 1 radical (unpaired) electrons. The van der Waals surface area contributed by atoms with Gasteiger partial charge in [-0.15, -0.1) is 0 Å². The number of rotatable bonds is 2. The fourth-order valence-electron chi connectivity index (χ4n) is 1.31. The molecule has 0 fully saturated rings. The molecule has 0 saturated carbocycles. The maximum Gasteiger partial charge on any atom is 0.113 e. The van der Waals surface area contributed by atoms with Crippen LogP contribution in [0.15, 0.2) is 24.8 Å². The fraction of sp³-hybridized carbons (Fsp3) is 0. The lowest BCUT2D eigenvalue weighted by Gasteiger charge is -2.18. The number of hydrogen-bond donors (Lipinski definition) is 0. The van der Waals surface area contributed by atoms with Crippen molar-refractivity contribution >= 4 is 57.8 Å². The second kappa shape index (κ2) is 5.47. The van der Waals surface area contributed by atoms with Crippen molar-refractivity contribution in [1.82, 2.24) is 9.97 Å². The van der Waals surface area contributed by atoms with Crippen molar-refractivity contribution in [1.29, 1.82) is 0 Å². The van der Waals surface area contributed by atoms with Crippen LogP contribution in [0.5, 0.6) is 0 Å². The smallest absolute Gasteiger partial charge is 0.113 e. The van der Waals surface area contributed by atoms with Gasteiger partial charge in [-0.1, -0.05) is 51.6 Å². The summed E-state index contributed by atoms with van der Waals surface area (Å²) in [5.74, 6) is 0. The van der Waals surface area contributed by atoms with Crippen LogP contribution in [0, 0.1) is 0 Å². The van der Waals surface area contributed by atoms with Crippen LogP contribution >= 0.6 is 46.4 Å². The number of aromatic nitrogens is 2. The molecule has 93 valence electrons. The molecule has 2 heterocycles. The maximum atomic E-state index is 12.3. The van der Waals surface area contributed by atoms with Gasteiger partial charge in [-0.2, -0.15) is 5.06 Å². The van der Waals surface area contributed by atoms with Crippen LogP contribution < -0.4 is 5.06 Å². The van der Waals surface area contributed by atoms with Crippen LogP contribution in [0.25, 0.3) is 0 Å². The molecule has 0 N–H and O–H groups in total. The molecular formula is C10H4Cl4N3O. The highest BCUT2D eigenvalue weighted by Gasteiger charge is 2.21. The summed E-state index contributed by atoms with van der Waals surface area (Å²) in [4.78, 5) is 7.52. The molecule has 2 rings (SSSR count). The monoisotopic (exact) mass is 322 g/mol. The van der Waals surface area contributed by atoms with Gasteiger partial charge < -0.3 is 0 Å². The molecule has 0 aliphatic heterocycles. The molecule has 2 aromatic rings. The van der Waals surface area contributed by atoms with Gasteiger partial charge in [-0.3, -0.25) is 9.97 Å². The molecule has 0 aromatic carbocycles. The van der Waals surface area contributed by atoms with E-state index in [1.807, 2.05) is 0 Å². The van der Waals surface area contributed by atoms with Crippen LogP contribution in [0.3, 0.4) is 0 Å². The average molecular weight is 324 g/mol. The molecule has 0 unspecified atom stereocenters. The molecule has 2 aromatic heterocycles. The Balaban J connectivity index is 2.58. The lowest BCUT2D eigenvalue weighted by Crippen LogP contribution is -2.11. The van der Waals surface area contributed by atoms with E-state index in [0.717, 1.165) is 0 Å². The summed E-state index contributed by atoms with van der Waals surface area (Å²) < 4.78 is 0. The minimum atomic E-state index is 0.0309. The second-order valence-electron chi connectivity index (χ2n) is 3.20. The van der Waals surface area contributed by atoms with Crippen molar-refractivity contribution in [2.24, 2.45) is 0 Å². The number of hydrogen-bond acceptors (Lipinski definition) is 3. The summed E-state index contributed by atoms with van der Waals surface area (Å²) in [5, 5.41) is 13.1. The van der Waals surface area contributed by atoms with Gasteiger partial charge in [0.05, 0.1) is 20.1 Å². The molecule has 8 heteroatoms. The van der Waals surface area contributed by atoms with Gasteiger partial charge in [-0.25, -0.2) is 0 Å². The SMILES string of the molecule is [O]N(c1c(Cl)cncc1Cl)c1c(Cl)cncc1Cl. The third-order valence-electron chi connectivity index (χ3n) is 2.06. The molecule has 0 aliphatic rings. The summed E-state index contributed by atoms with van der Waals surface area (Å²) in [6.07, 6.45) is 5.21. The third-order valence-corrected chi connectivity index (χ3v) is 3.17. The van der Waals surface area contributed by atoms with Crippen LogP contribution in [0.1, 0.15) is 0 Å². The molecule has 0 atom stereocenters.